The standard InChI is InChI=1S/C22H28N4O2/c1-3-25-15-20-22(26(4-2)16-25)24-21(23-20)9-8-17-6-5-7-19(14-17)28-18-10-12-27-13-11-18/h5-9,14-15,18H,3-4,10-13,16H2,1-2H3/b9-8+. The summed E-state index contributed by atoms with van der Waals surface area (Å²) >= 11 is 0. The first kappa shape index (κ1) is 18.7. The van der Waals surface area contributed by atoms with Gasteiger partial charge in [-0.3, -0.25) is 0 Å². The molecule has 4 rings (SSSR count). The molecule has 0 spiro atoms. The number of hydrogen-bond acceptors (Lipinski definition) is 6. The molecule has 1 aromatic carbocycles. The normalized spacial score (nSPS) is 20.1. The van der Waals surface area contributed by atoms with E-state index in [1.165, 1.54) is 0 Å². The first-order chi connectivity index (χ1) is 13.7. The highest BCUT2D eigenvalue weighted by molar-refractivity contribution is 6.16. The molecule has 0 N–H and O–H groups in total. The highest BCUT2D eigenvalue weighted by Gasteiger charge is 2.26. The van der Waals surface area contributed by atoms with E-state index in [-0.39, 0.29) is 6.10 Å². The van der Waals surface area contributed by atoms with Gasteiger partial charge in [-0.15, -0.1) is 0 Å². The molecule has 0 unspecified atom stereocenters. The predicted octanol–water partition coefficient (Wildman–Crippen LogP) is 3.52. The van der Waals surface area contributed by atoms with Gasteiger partial charge in [-0.25, -0.2) is 9.98 Å². The molecule has 0 radical (unpaired) electrons. The lowest BCUT2D eigenvalue weighted by Gasteiger charge is -2.33. The Labute approximate surface area is 166 Å². The van der Waals surface area contributed by atoms with E-state index >= 15 is 0 Å². The molecule has 3 aliphatic heterocycles. The number of benzene rings is 1. The molecule has 148 valence electrons. The SMILES string of the molecule is CCN1C=C2N=C(/C=C/c3cccc(OC4CCOCC4)c3)N=C2N(CC)C1. The zero-order valence-electron chi connectivity index (χ0n) is 16.7. The number of likely N-dealkylation sites (N-methyl/N-ethyl adjacent to an activating group) is 1. The Balaban J connectivity index is 1.46. The molecule has 0 saturated carbocycles. The van der Waals surface area contributed by atoms with Gasteiger partial charge in [0, 0.05) is 32.1 Å². The van der Waals surface area contributed by atoms with Crippen LogP contribution >= 0.6 is 0 Å². The number of amidine groups is 2. The average molecular weight is 380 g/mol. The van der Waals surface area contributed by atoms with Crippen LogP contribution in [0.2, 0.25) is 0 Å². The molecule has 3 heterocycles. The van der Waals surface area contributed by atoms with E-state index in [9.17, 15) is 0 Å². The fourth-order valence-electron chi connectivity index (χ4n) is 3.55. The Kier molecular flexibility index (Phi) is 5.76. The fraction of sp³-hybridized carbons (Fsp3) is 0.455. The maximum absolute atomic E-state index is 6.10. The maximum Gasteiger partial charge on any atom is 0.160 e. The van der Waals surface area contributed by atoms with E-state index in [0.717, 1.165) is 74.5 Å². The van der Waals surface area contributed by atoms with E-state index in [1.807, 2.05) is 24.3 Å². The van der Waals surface area contributed by atoms with Gasteiger partial charge in [-0.1, -0.05) is 18.2 Å². The monoisotopic (exact) mass is 380 g/mol. The van der Waals surface area contributed by atoms with Crippen LogP contribution in [0.3, 0.4) is 0 Å². The van der Waals surface area contributed by atoms with Crippen LogP contribution < -0.4 is 4.74 Å². The Morgan fingerprint density at radius 2 is 2.00 bits per heavy atom. The lowest BCUT2D eigenvalue weighted by atomic mass is 10.1. The molecule has 6 nitrogen and oxygen atoms in total. The van der Waals surface area contributed by atoms with Crippen molar-refractivity contribution in [1.82, 2.24) is 9.80 Å². The van der Waals surface area contributed by atoms with E-state index in [2.05, 4.69) is 42.0 Å². The number of ether oxygens (including phenoxy) is 2. The quantitative estimate of drug-likeness (QED) is 0.758. The Morgan fingerprint density at radius 3 is 2.79 bits per heavy atom. The minimum absolute atomic E-state index is 0.246. The van der Waals surface area contributed by atoms with E-state index in [1.54, 1.807) is 0 Å². The van der Waals surface area contributed by atoms with Gasteiger partial charge in [0.05, 0.1) is 19.9 Å². The summed E-state index contributed by atoms with van der Waals surface area (Å²) in [4.78, 5) is 13.9. The molecule has 1 fully saturated rings. The molecule has 0 aliphatic carbocycles. The Morgan fingerprint density at radius 1 is 1.14 bits per heavy atom. The summed E-state index contributed by atoms with van der Waals surface area (Å²) in [7, 11) is 0. The molecular weight excluding hydrogens is 352 g/mol. The summed E-state index contributed by atoms with van der Waals surface area (Å²) in [6.45, 7) is 8.63. The lowest BCUT2D eigenvalue weighted by Crippen LogP contribution is -2.43. The molecule has 1 aromatic rings. The van der Waals surface area contributed by atoms with Crippen LogP contribution in [0.4, 0.5) is 0 Å². The van der Waals surface area contributed by atoms with Crippen molar-refractivity contribution in [2.75, 3.05) is 33.0 Å². The van der Waals surface area contributed by atoms with Crippen LogP contribution in [0.5, 0.6) is 5.75 Å². The van der Waals surface area contributed by atoms with Crippen LogP contribution in [0.25, 0.3) is 6.08 Å². The van der Waals surface area contributed by atoms with Crippen LogP contribution in [-0.4, -0.2) is 60.5 Å². The molecule has 0 aromatic heterocycles. The average Bonchev–Trinajstić information content (AvgIpc) is 3.15. The number of aliphatic imine (C=N–C) groups is 2. The van der Waals surface area contributed by atoms with Gasteiger partial charge < -0.3 is 19.3 Å². The first-order valence-corrected chi connectivity index (χ1v) is 10.2. The predicted molar refractivity (Wildman–Crippen MR) is 113 cm³/mol. The van der Waals surface area contributed by atoms with Crippen molar-refractivity contribution in [3.63, 3.8) is 0 Å². The van der Waals surface area contributed by atoms with Crippen molar-refractivity contribution in [2.45, 2.75) is 32.8 Å². The van der Waals surface area contributed by atoms with Gasteiger partial charge in [-0.2, -0.15) is 0 Å². The highest BCUT2D eigenvalue weighted by Crippen LogP contribution is 2.22. The molecule has 1 saturated heterocycles. The molecule has 0 bridgehead atoms. The second-order valence-electron chi connectivity index (χ2n) is 7.16. The zero-order chi connectivity index (χ0) is 19.3. The summed E-state index contributed by atoms with van der Waals surface area (Å²) in [6.07, 6.45) is 8.28. The maximum atomic E-state index is 6.10. The van der Waals surface area contributed by atoms with Crippen molar-refractivity contribution in [1.29, 1.82) is 0 Å². The van der Waals surface area contributed by atoms with Crippen molar-refractivity contribution in [3.05, 3.63) is 47.8 Å². The van der Waals surface area contributed by atoms with E-state index < -0.39 is 0 Å². The van der Waals surface area contributed by atoms with Gasteiger partial charge in [0.1, 0.15) is 17.6 Å². The molecule has 3 aliphatic rings. The molecule has 28 heavy (non-hydrogen) atoms. The third kappa shape index (κ3) is 4.28. The Bertz CT molecular complexity index is 822. The smallest absolute Gasteiger partial charge is 0.160 e. The van der Waals surface area contributed by atoms with Crippen LogP contribution in [0, 0.1) is 0 Å². The summed E-state index contributed by atoms with van der Waals surface area (Å²) in [6, 6.07) is 8.17. The lowest BCUT2D eigenvalue weighted by molar-refractivity contribution is 0.0255. The van der Waals surface area contributed by atoms with Crippen LogP contribution in [0.1, 0.15) is 32.3 Å². The number of fused-ring (bicyclic) bond motifs is 1. The second-order valence-corrected chi connectivity index (χ2v) is 7.16. The van der Waals surface area contributed by atoms with Gasteiger partial charge in [0.25, 0.3) is 0 Å². The van der Waals surface area contributed by atoms with E-state index in [4.69, 9.17) is 19.5 Å². The van der Waals surface area contributed by atoms with Crippen LogP contribution in [0.15, 0.2) is 52.2 Å². The fourth-order valence-corrected chi connectivity index (χ4v) is 3.55. The molecule has 6 heteroatoms. The third-order valence-corrected chi connectivity index (χ3v) is 5.18. The van der Waals surface area contributed by atoms with Gasteiger partial charge in [0.15, 0.2) is 11.7 Å². The van der Waals surface area contributed by atoms with E-state index in [0.29, 0.717) is 0 Å². The van der Waals surface area contributed by atoms with Crippen molar-refractivity contribution >= 4 is 17.7 Å². The largest absolute Gasteiger partial charge is 0.490 e. The summed E-state index contributed by atoms with van der Waals surface area (Å²) in [5.74, 6) is 2.62. The number of nitrogens with zero attached hydrogens (tertiary/aromatic N) is 4. The summed E-state index contributed by atoms with van der Waals surface area (Å²) < 4.78 is 11.5. The van der Waals surface area contributed by atoms with Gasteiger partial charge in [0.2, 0.25) is 0 Å². The Hall–Kier alpha value is -2.60. The molecule has 0 amide bonds. The zero-order valence-corrected chi connectivity index (χ0v) is 16.7. The number of rotatable bonds is 6. The van der Waals surface area contributed by atoms with Crippen molar-refractivity contribution in [3.8, 4) is 5.75 Å². The van der Waals surface area contributed by atoms with Crippen molar-refractivity contribution < 1.29 is 9.47 Å². The first-order valence-electron chi connectivity index (χ1n) is 10.2. The molecule has 0 atom stereocenters. The van der Waals surface area contributed by atoms with Crippen molar-refractivity contribution in [2.24, 2.45) is 9.98 Å². The third-order valence-electron chi connectivity index (χ3n) is 5.18. The summed E-state index contributed by atoms with van der Waals surface area (Å²) in [5.41, 5.74) is 2.03. The highest BCUT2D eigenvalue weighted by atomic mass is 16.5. The van der Waals surface area contributed by atoms with Gasteiger partial charge >= 0.3 is 0 Å². The van der Waals surface area contributed by atoms with Gasteiger partial charge in [-0.05, 0) is 37.6 Å². The molecular formula is C22H28N4O2. The summed E-state index contributed by atoms with van der Waals surface area (Å²) in [5, 5.41) is 0. The minimum Gasteiger partial charge on any atom is -0.490 e. The minimum atomic E-state index is 0.246. The van der Waals surface area contributed by atoms with Crippen LogP contribution in [-0.2, 0) is 4.74 Å². The number of hydrogen-bond donors (Lipinski definition) is 0. The topological polar surface area (TPSA) is 49.7 Å². The second kappa shape index (κ2) is 8.61.